The largest absolute Gasteiger partial charge is 0.360 e. The van der Waals surface area contributed by atoms with Gasteiger partial charge < -0.3 is 4.52 Å². The number of hydrogen-bond donors (Lipinski definition) is 2. The molecule has 6 nitrogen and oxygen atoms in total. The van der Waals surface area contributed by atoms with Crippen LogP contribution in [0.2, 0.25) is 10.0 Å². The van der Waals surface area contributed by atoms with E-state index in [0.29, 0.717) is 21.9 Å². The molecule has 3 aliphatic rings. The smallest absolute Gasteiger partial charge is 0.261 e. The van der Waals surface area contributed by atoms with Gasteiger partial charge in [0.1, 0.15) is 11.5 Å². The first-order chi connectivity index (χ1) is 19.4. The van der Waals surface area contributed by atoms with Crippen molar-refractivity contribution in [3.63, 3.8) is 0 Å². The molecule has 40 heavy (non-hydrogen) atoms. The van der Waals surface area contributed by atoms with E-state index < -0.39 is 11.3 Å². The molecule has 5 rings (SSSR count). The molecule has 9 heteroatoms. The number of aromatic nitrogens is 1. The van der Waals surface area contributed by atoms with Crippen LogP contribution in [0.4, 0.5) is 0 Å². The first-order valence-electron chi connectivity index (χ1n) is 15.2. The van der Waals surface area contributed by atoms with Gasteiger partial charge in [-0.15, -0.1) is 0 Å². The summed E-state index contributed by atoms with van der Waals surface area (Å²) in [5.41, 5.74) is 2.86. The van der Waals surface area contributed by atoms with Gasteiger partial charge in [-0.3, -0.25) is 14.1 Å². The zero-order valence-electron chi connectivity index (χ0n) is 23.2. The summed E-state index contributed by atoms with van der Waals surface area (Å²) < 4.78 is 28.1. The Hall–Kier alpha value is -1.41. The maximum Gasteiger partial charge on any atom is 0.261 e. The van der Waals surface area contributed by atoms with E-state index in [4.69, 9.17) is 32.3 Å². The minimum atomic E-state index is -2.27. The molecular formula is C31H42Cl2N2O4S. The highest BCUT2D eigenvalue weighted by Gasteiger charge is 2.34. The maximum atomic E-state index is 12.2. The van der Waals surface area contributed by atoms with Crippen LogP contribution in [0, 0.1) is 23.7 Å². The SMILES string of the molecule is O=C(NS(=O)O)C1CCCC(C2CCCCC(Cc3c(-c4c(Cl)cccc4Cl)noc3C3CC3)CCC2)CCC1. The third-order valence-electron chi connectivity index (χ3n) is 9.56. The van der Waals surface area contributed by atoms with Crippen molar-refractivity contribution in [3.05, 3.63) is 39.6 Å². The Morgan fingerprint density at radius 2 is 1.48 bits per heavy atom. The number of nitrogens with one attached hydrogen (secondary N) is 1. The monoisotopic (exact) mass is 608 g/mol. The van der Waals surface area contributed by atoms with E-state index >= 15 is 0 Å². The summed E-state index contributed by atoms with van der Waals surface area (Å²) in [5.74, 6) is 3.20. The number of nitrogens with zero attached hydrogens (tertiary/aromatic N) is 1. The van der Waals surface area contributed by atoms with Crippen LogP contribution in [-0.2, 0) is 22.5 Å². The second-order valence-corrected chi connectivity index (χ2v) is 13.8. The summed E-state index contributed by atoms with van der Waals surface area (Å²) in [6.07, 6.45) is 18.1. The molecule has 3 saturated carbocycles. The third kappa shape index (κ3) is 7.70. The molecule has 1 aromatic heterocycles. The molecule has 1 aromatic carbocycles. The number of carbonyl (C=O) groups is 1. The standard InChI is InChI=1S/C31H42Cl2N2O4S/c32-26-15-6-16-27(33)28(26)29-25(30(39-34-29)23-17-18-23)19-20-7-1-2-9-21(10-3-8-20)22-11-4-13-24(14-5-12-22)31(36)35-40(37)38/h6,15-16,20-24H,1-5,7-14,17-19H2,(H,35,36)(H,37,38). The van der Waals surface area contributed by atoms with Crippen molar-refractivity contribution in [2.24, 2.45) is 23.7 Å². The van der Waals surface area contributed by atoms with E-state index in [2.05, 4.69) is 9.88 Å². The minimum absolute atomic E-state index is 0.137. The topological polar surface area (TPSA) is 92.4 Å². The average molecular weight is 610 g/mol. The molecule has 3 fully saturated rings. The summed E-state index contributed by atoms with van der Waals surface area (Å²) >= 11 is 10.9. The van der Waals surface area contributed by atoms with Gasteiger partial charge in [0.2, 0.25) is 5.91 Å². The molecule has 2 N–H and O–H groups in total. The first-order valence-corrected chi connectivity index (χ1v) is 17.1. The van der Waals surface area contributed by atoms with Crippen LogP contribution in [0.3, 0.4) is 0 Å². The molecule has 220 valence electrons. The quantitative estimate of drug-likeness (QED) is 0.306. The second-order valence-electron chi connectivity index (χ2n) is 12.3. The molecule has 1 amide bonds. The fourth-order valence-electron chi connectivity index (χ4n) is 7.31. The number of hydrogen-bond acceptors (Lipinski definition) is 4. The van der Waals surface area contributed by atoms with Crippen molar-refractivity contribution in [3.8, 4) is 11.3 Å². The van der Waals surface area contributed by atoms with Crippen molar-refractivity contribution in [2.45, 2.75) is 109 Å². The predicted molar refractivity (Wildman–Crippen MR) is 161 cm³/mol. The highest BCUT2D eigenvalue weighted by molar-refractivity contribution is 7.77. The fourth-order valence-corrected chi connectivity index (χ4v) is 8.23. The van der Waals surface area contributed by atoms with Gasteiger partial charge in [-0.25, -0.2) is 4.21 Å². The lowest BCUT2D eigenvalue weighted by atomic mass is 9.76. The normalized spacial score (nSPS) is 27.5. The Labute approximate surface area is 250 Å². The maximum absolute atomic E-state index is 12.2. The van der Waals surface area contributed by atoms with Crippen molar-refractivity contribution in [2.75, 3.05) is 0 Å². The van der Waals surface area contributed by atoms with Gasteiger partial charge in [0, 0.05) is 23.0 Å². The third-order valence-corrected chi connectivity index (χ3v) is 10.6. The summed E-state index contributed by atoms with van der Waals surface area (Å²) in [5, 5.41) is 5.76. The van der Waals surface area contributed by atoms with E-state index in [1.54, 1.807) is 0 Å². The first kappa shape index (κ1) is 30.1. The van der Waals surface area contributed by atoms with E-state index in [9.17, 15) is 9.00 Å². The van der Waals surface area contributed by atoms with Gasteiger partial charge in [0.25, 0.3) is 11.3 Å². The van der Waals surface area contributed by atoms with Gasteiger partial charge in [0.05, 0.1) is 10.0 Å². The van der Waals surface area contributed by atoms with Gasteiger partial charge in [-0.1, -0.05) is 105 Å². The molecule has 2 aromatic rings. The number of benzene rings is 1. The minimum Gasteiger partial charge on any atom is -0.360 e. The van der Waals surface area contributed by atoms with E-state index in [1.165, 1.54) is 50.5 Å². The Kier molecular flexibility index (Phi) is 10.7. The Balaban J connectivity index is 1.20. The van der Waals surface area contributed by atoms with Gasteiger partial charge in [-0.2, -0.15) is 0 Å². The van der Waals surface area contributed by atoms with Crippen molar-refractivity contribution < 1.29 is 18.1 Å². The molecule has 0 aliphatic heterocycles. The van der Waals surface area contributed by atoms with Crippen molar-refractivity contribution in [1.29, 1.82) is 0 Å². The lowest BCUT2D eigenvalue weighted by Crippen LogP contribution is -2.32. The number of halogens is 2. The highest BCUT2D eigenvalue weighted by atomic mass is 35.5. The molecule has 3 atom stereocenters. The van der Waals surface area contributed by atoms with Gasteiger partial charge in [0.15, 0.2) is 0 Å². The lowest BCUT2D eigenvalue weighted by molar-refractivity contribution is -0.123. The van der Waals surface area contributed by atoms with Crippen LogP contribution in [0.25, 0.3) is 11.3 Å². The second kappa shape index (κ2) is 14.2. The number of amides is 1. The molecule has 3 unspecified atom stereocenters. The number of rotatable bonds is 7. The Bertz CT molecular complexity index is 1150. The van der Waals surface area contributed by atoms with E-state index in [-0.39, 0.29) is 11.8 Å². The summed E-state index contributed by atoms with van der Waals surface area (Å²) in [6.45, 7) is 0. The van der Waals surface area contributed by atoms with Crippen LogP contribution in [0.15, 0.2) is 22.7 Å². The zero-order chi connectivity index (χ0) is 28.1. The molecule has 0 bridgehead atoms. The summed E-state index contributed by atoms with van der Waals surface area (Å²) in [6, 6.07) is 5.62. The van der Waals surface area contributed by atoms with Crippen LogP contribution in [0.5, 0.6) is 0 Å². The molecule has 0 saturated heterocycles. The lowest BCUT2D eigenvalue weighted by Gasteiger charge is -2.30. The Morgan fingerprint density at radius 1 is 0.900 bits per heavy atom. The van der Waals surface area contributed by atoms with E-state index in [0.717, 1.165) is 86.6 Å². The molecule has 0 radical (unpaired) electrons. The Morgan fingerprint density at radius 3 is 2.10 bits per heavy atom. The summed E-state index contributed by atoms with van der Waals surface area (Å²) in [4.78, 5) is 12.2. The number of carbonyl (C=O) groups excluding carboxylic acids is 1. The average Bonchev–Trinajstić information content (AvgIpc) is 3.63. The van der Waals surface area contributed by atoms with Gasteiger partial charge >= 0.3 is 0 Å². The van der Waals surface area contributed by atoms with Gasteiger partial charge in [-0.05, 0) is 62.0 Å². The van der Waals surface area contributed by atoms with Crippen LogP contribution in [0.1, 0.15) is 114 Å². The van der Waals surface area contributed by atoms with Crippen LogP contribution in [-0.4, -0.2) is 19.8 Å². The fraction of sp³-hybridized carbons (Fsp3) is 0.677. The van der Waals surface area contributed by atoms with Crippen molar-refractivity contribution >= 4 is 40.4 Å². The molecule has 3 aliphatic carbocycles. The summed E-state index contributed by atoms with van der Waals surface area (Å²) in [7, 11) is 0. The molecular weight excluding hydrogens is 567 g/mol. The van der Waals surface area contributed by atoms with Crippen molar-refractivity contribution in [1.82, 2.24) is 9.88 Å². The zero-order valence-corrected chi connectivity index (χ0v) is 25.5. The van der Waals surface area contributed by atoms with Crippen LogP contribution >= 0.6 is 23.2 Å². The van der Waals surface area contributed by atoms with Crippen LogP contribution < -0.4 is 4.72 Å². The molecule has 1 heterocycles. The predicted octanol–water partition coefficient (Wildman–Crippen LogP) is 8.88. The molecule has 0 spiro atoms. The highest BCUT2D eigenvalue weighted by Crippen LogP contribution is 2.47. The van der Waals surface area contributed by atoms with E-state index in [1.807, 2.05) is 18.2 Å².